The first-order chi connectivity index (χ1) is 8.56. The first-order valence-electron chi connectivity index (χ1n) is 5.22. The van der Waals surface area contributed by atoms with Gasteiger partial charge in [0.1, 0.15) is 11.3 Å². The van der Waals surface area contributed by atoms with Crippen molar-refractivity contribution in [2.24, 2.45) is 0 Å². The van der Waals surface area contributed by atoms with Crippen LogP contribution in [0.2, 0.25) is 0 Å². The molecule has 1 aromatic carbocycles. The molecule has 18 heavy (non-hydrogen) atoms. The van der Waals surface area contributed by atoms with E-state index < -0.39 is 11.9 Å². The molecule has 5 heteroatoms. The second kappa shape index (κ2) is 6.30. The van der Waals surface area contributed by atoms with Crippen molar-refractivity contribution < 1.29 is 19.4 Å². The maximum absolute atomic E-state index is 11.3. The van der Waals surface area contributed by atoms with E-state index in [-0.39, 0.29) is 24.5 Å². The molecule has 1 aromatic rings. The highest BCUT2D eigenvalue weighted by Crippen LogP contribution is 2.23. The molecular formula is C13H13NO4. The van der Waals surface area contributed by atoms with E-state index in [0.717, 1.165) is 0 Å². The number of benzene rings is 1. The van der Waals surface area contributed by atoms with Gasteiger partial charge in [-0.15, -0.1) is 6.42 Å². The predicted molar refractivity (Wildman–Crippen MR) is 65.5 cm³/mol. The molecule has 0 aliphatic rings. The Hall–Kier alpha value is -2.48. The Labute approximate surface area is 105 Å². The van der Waals surface area contributed by atoms with E-state index in [0.29, 0.717) is 5.56 Å². The number of aromatic carboxylic acids is 1. The highest BCUT2D eigenvalue weighted by molar-refractivity contribution is 5.91. The molecule has 0 unspecified atom stereocenters. The summed E-state index contributed by atoms with van der Waals surface area (Å²) in [7, 11) is 0. The van der Waals surface area contributed by atoms with Crippen LogP contribution in [0.1, 0.15) is 15.9 Å². The maximum Gasteiger partial charge on any atom is 0.339 e. The summed E-state index contributed by atoms with van der Waals surface area (Å²) in [5.74, 6) is 0.956. The topological polar surface area (TPSA) is 75.6 Å². The van der Waals surface area contributed by atoms with Crippen molar-refractivity contribution in [1.82, 2.24) is 5.32 Å². The number of terminal acetylenes is 1. The Morgan fingerprint density at radius 2 is 2.22 bits per heavy atom. The van der Waals surface area contributed by atoms with E-state index in [1.807, 2.05) is 0 Å². The van der Waals surface area contributed by atoms with Gasteiger partial charge in [0.05, 0.1) is 6.54 Å². The SMILES string of the molecule is C#CCNC(=O)COc1c(C)cccc1C(=O)O. The summed E-state index contributed by atoms with van der Waals surface area (Å²) < 4.78 is 5.23. The number of nitrogens with one attached hydrogen (secondary N) is 1. The molecule has 0 atom stereocenters. The van der Waals surface area contributed by atoms with Gasteiger partial charge in [-0.3, -0.25) is 4.79 Å². The lowest BCUT2D eigenvalue weighted by atomic mass is 10.1. The number of carboxylic acids is 1. The predicted octanol–water partition coefficient (Wildman–Crippen LogP) is 0.821. The number of amides is 1. The third-order valence-electron chi connectivity index (χ3n) is 2.18. The van der Waals surface area contributed by atoms with E-state index in [2.05, 4.69) is 11.2 Å². The highest BCUT2D eigenvalue weighted by atomic mass is 16.5. The van der Waals surface area contributed by atoms with Gasteiger partial charge in [-0.2, -0.15) is 0 Å². The molecule has 0 aromatic heterocycles. The summed E-state index contributed by atoms with van der Waals surface area (Å²) in [5.41, 5.74) is 0.680. The van der Waals surface area contributed by atoms with Crippen LogP contribution in [-0.4, -0.2) is 30.1 Å². The minimum absolute atomic E-state index is 0.0275. The number of rotatable bonds is 5. The molecule has 0 fully saturated rings. The molecule has 1 amide bonds. The quantitative estimate of drug-likeness (QED) is 0.755. The van der Waals surface area contributed by atoms with Crippen LogP contribution in [0, 0.1) is 19.3 Å². The van der Waals surface area contributed by atoms with Gasteiger partial charge in [-0.1, -0.05) is 18.1 Å². The number of carboxylic acid groups (broad SMARTS) is 1. The molecule has 0 saturated carbocycles. The molecule has 5 nitrogen and oxygen atoms in total. The second-order valence-corrected chi connectivity index (χ2v) is 3.53. The fraction of sp³-hybridized carbons (Fsp3) is 0.231. The smallest absolute Gasteiger partial charge is 0.339 e. The van der Waals surface area contributed by atoms with Gasteiger partial charge in [0.25, 0.3) is 5.91 Å². The number of hydrogen-bond acceptors (Lipinski definition) is 3. The number of aryl methyl sites for hydroxylation is 1. The minimum atomic E-state index is -1.10. The molecule has 0 heterocycles. The van der Waals surface area contributed by atoms with Gasteiger partial charge < -0.3 is 15.2 Å². The average molecular weight is 247 g/mol. The maximum atomic E-state index is 11.3. The van der Waals surface area contributed by atoms with E-state index in [9.17, 15) is 9.59 Å². The number of para-hydroxylation sites is 1. The van der Waals surface area contributed by atoms with Crippen molar-refractivity contribution in [3.05, 3.63) is 29.3 Å². The number of carbonyl (C=O) groups excluding carboxylic acids is 1. The molecule has 0 aliphatic carbocycles. The second-order valence-electron chi connectivity index (χ2n) is 3.53. The molecule has 0 bridgehead atoms. The van der Waals surface area contributed by atoms with Gasteiger partial charge >= 0.3 is 5.97 Å². The van der Waals surface area contributed by atoms with Crippen LogP contribution in [0.3, 0.4) is 0 Å². The zero-order valence-corrected chi connectivity index (χ0v) is 9.90. The minimum Gasteiger partial charge on any atom is -0.483 e. The highest BCUT2D eigenvalue weighted by Gasteiger charge is 2.14. The first kappa shape index (κ1) is 13.6. The monoisotopic (exact) mass is 247 g/mol. The number of carbonyl (C=O) groups is 2. The summed E-state index contributed by atoms with van der Waals surface area (Å²) in [6.07, 6.45) is 4.99. The molecule has 0 saturated heterocycles. The van der Waals surface area contributed by atoms with Crippen molar-refractivity contribution in [2.45, 2.75) is 6.92 Å². The van der Waals surface area contributed by atoms with Crippen LogP contribution in [0.5, 0.6) is 5.75 Å². The molecule has 1 rings (SSSR count). The third-order valence-corrected chi connectivity index (χ3v) is 2.18. The van der Waals surface area contributed by atoms with Crippen LogP contribution in [0.4, 0.5) is 0 Å². The first-order valence-corrected chi connectivity index (χ1v) is 5.22. The average Bonchev–Trinajstić information content (AvgIpc) is 2.34. The lowest BCUT2D eigenvalue weighted by molar-refractivity contribution is -0.122. The Kier molecular flexibility index (Phi) is 4.76. The van der Waals surface area contributed by atoms with Crippen molar-refractivity contribution in [3.8, 4) is 18.1 Å². The number of ether oxygens (including phenoxy) is 1. The Morgan fingerprint density at radius 3 is 2.83 bits per heavy atom. The summed E-state index contributed by atoms with van der Waals surface area (Å²) in [4.78, 5) is 22.3. The van der Waals surface area contributed by atoms with Crippen LogP contribution >= 0.6 is 0 Å². The van der Waals surface area contributed by atoms with Gasteiger partial charge in [0.2, 0.25) is 0 Å². The normalized spacial score (nSPS) is 9.33. The van der Waals surface area contributed by atoms with E-state index >= 15 is 0 Å². The standard InChI is InChI=1S/C13H13NO4/c1-3-7-14-11(15)8-18-12-9(2)5-4-6-10(12)13(16)17/h1,4-6H,7-8H2,2H3,(H,14,15)(H,16,17). The lowest BCUT2D eigenvalue weighted by Gasteiger charge is -2.11. The Morgan fingerprint density at radius 1 is 1.50 bits per heavy atom. The van der Waals surface area contributed by atoms with Crippen LogP contribution in [-0.2, 0) is 4.79 Å². The zero-order chi connectivity index (χ0) is 13.5. The summed E-state index contributed by atoms with van der Waals surface area (Å²) in [6, 6.07) is 4.75. The van der Waals surface area contributed by atoms with Crippen molar-refractivity contribution in [2.75, 3.05) is 13.2 Å². The molecule has 94 valence electrons. The van der Waals surface area contributed by atoms with Crippen LogP contribution in [0.15, 0.2) is 18.2 Å². The Bertz CT molecular complexity index is 502. The molecule has 0 radical (unpaired) electrons. The lowest BCUT2D eigenvalue weighted by Crippen LogP contribution is -2.29. The third kappa shape index (κ3) is 3.52. The van der Waals surface area contributed by atoms with Gasteiger partial charge in [0.15, 0.2) is 6.61 Å². The fourth-order valence-electron chi connectivity index (χ4n) is 1.35. The zero-order valence-electron chi connectivity index (χ0n) is 9.90. The van der Waals surface area contributed by atoms with Gasteiger partial charge in [0, 0.05) is 0 Å². The van der Waals surface area contributed by atoms with Gasteiger partial charge in [-0.25, -0.2) is 4.79 Å². The van der Waals surface area contributed by atoms with E-state index in [4.69, 9.17) is 16.3 Å². The molecule has 0 aliphatic heterocycles. The fourth-order valence-corrected chi connectivity index (χ4v) is 1.35. The molecular weight excluding hydrogens is 234 g/mol. The van der Waals surface area contributed by atoms with Crippen molar-refractivity contribution in [1.29, 1.82) is 0 Å². The summed E-state index contributed by atoms with van der Waals surface area (Å²) in [5, 5.41) is 11.4. The molecule has 2 N–H and O–H groups in total. The van der Waals surface area contributed by atoms with Gasteiger partial charge in [-0.05, 0) is 18.6 Å². The summed E-state index contributed by atoms with van der Waals surface area (Å²) >= 11 is 0. The van der Waals surface area contributed by atoms with Crippen molar-refractivity contribution in [3.63, 3.8) is 0 Å². The summed E-state index contributed by atoms with van der Waals surface area (Å²) in [6.45, 7) is 1.55. The molecule has 0 spiro atoms. The van der Waals surface area contributed by atoms with E-state index in [1.165, 1.54) is 6.07 Å². The van der Waals surface area contributed by atoms with E-state index in [1.54, 1.807) is 19.1 Å². The Balaban J connectivity index is 2.76. The van der Waals surface area contributed by atoms with Crippen LogP contribution < -0.4 is 10.1 Å². The van der Waals surface area contributed by atoms with Crippen molar-refractivity contribution >= 4 is 11.9 Å². The largest absolute Gasteiger partial charge is 0.483 e. The number of hydrogen-bond donors (Lipinski definition) is 2. The van der Waals surface area contributed by atoms with Crippen LogP contribution in [0.25, 0.3) is 0 Å².